The van der Waals surface area contributed by atoms with E-state index >= 15 is 0 Å². The van der Waals surface area contributed by atoms with Gasteiger partial charge in [-0.15, -0.1) is 0 Å². The van der Waals surface area contributed by atoms with Crippen molar-refractivity contribution in [3.63, 3.8) is 0 Å². The lowest BCUT2D eigenvalue weighted by molar-refractivity contribution is -0.121. The van der Waals surface area contributed by atoms with Gasteiger partial charge < -0.3 is 25.4 Å². The summed E-state index contributed by atoms with van der Waals surface area (Å²) in [6.07, 6.45) is 1.89. The maximum atomic E-state index is 13.3. The number of rotatable bonds is 8. The van der Waals surface area contributed by atoms with Crippen LogP contribution in [0.4, 0.5) is 0 Å². The van der Waals surface area contributed by atoms with Gasteiger partial charge in [-0.1, -0.05) is 24.3 Å². The molecule has 35 heavy (non-hydrogen) atoms. The van der Waals surface area contributed by atoms with Crippen LogP contribution in [0.2, 0.25) is 0 Å². The first-order chi connectivity index (χ1) is 16.9. The van der Waals surface area contributed by atoms with Crippen molar-refractivity contribution in [1.29, 1.82) is 0 Å². The molecule has 1 amide bonds. The van der Waals surface area contributed by atoms with Gasteiger partial charge in [-0.05, 0) is 53.9 Å². The number of hydrogen-bond donors (Lipinski definition) is 4. The van der Waals surface area contributed by atoms with Gasteiger partial charge >= 0.3 is 0 Å². The van der Waals surface area contributed by atoms with Crippen LogP contribution in [0.5, 0.6) is 23.1 Å². The molecule has 9 nitrogen and oxygen atoms in total. The Morgan fingerprint density at radius 3 is 2.54 bits per heavy atom. The predicted molar refractivity (Wildman–Crippen MR) is 129 cm³/mol. The van der Waals surface area contributed by atoms with Crippen LogP contribution in [0.25, 0.3) is 5.65 Å². The molecule has 0 saturated heterocycles. The van der Waals surface area contributed by atoms with Crippen molar-refractivity contribution >= 4 is 11.6 Å². The van der Waals surface area contributed by atoms with Gasteiger partial charge in [-0.2, -0.15) is 4.98 Å². The molecule has 0 aliphatic carbocycles. The third kappa shape index (κ3) is 5.19. The summed E-state index contributed by atoms with van der Waals surface area (Å²) in [6, 6.07) is 16.4. The monoisotopic (exact) mass is 475 g/mol. The van der Waals surface area contributed by atoms with Crippen molar-refractivity contribution in [2.24, 2.45) is 0 Å². The summed E-state index contributed by atoms with van der Waals surface area (Å²) in [4.78, 5) is 30.3. The van der Waals surface area contributed by atoms with Gasteiger partial charge in [0.1, 0.15) is 11.4 Å². The summed E-state index contributed by atoms with van der Waals surface area (Å²) in [6.45, 7) is 0.277. The molecule has 9 heteroatoms. The van der Waals surface area contributed by atoms with E-state index in [-0.39, 0.29) is 35.9 Å². The number of amides is 1. The zero-order valence-corrected chi connectivity index (χ0v) is 19.0. The molecular weight excluding hydrogens is 450 g/mol. The Bertz CT molecular complexity index is 1420. The molecular formula is C26H25N3O6. The average Bonchev–Trinajstić information content (AvgIpc) is 2.85. The van der Waals surface area contributed by atoms with Crippen LogP contribution in [-0.4, -0.2) is 44.3 Å². The zero-order chi connectivity index (χ0) is 24.9. The van der Waals surface area contributed by atoms with Crippen LogP contribution in [0.3, 0.4) is 0 Å². The van der Waals surface area contributed by atoms with E-state index in [2.05, 4.69) is 10.3 Å². The molecule has 0 aliphatic rings. The molecule has 4 aromatic rings. The zero-order valence-electron chi connectivity index (χ0n) is 19.0. The summed E-state index contributed by atoms with van der Waals surface area (Å²) in [5.74, 6) is -1.33. The lowest BCUT2D eigenvalue weighted by Gasteiger charge is -2.19. The van der Waals surface area contributed by atoms with Crippen molar-refractivity contribution in [3.05, 3.63) is 93.9 Å². The summed E-state index contributed by atoms with van der Waals surface area (Å²) in [5.41, 5.74) is 1.25. The third-order valence-corrected chi connectivity index (χ3v) is 5.78. The standard InChI is InChI=1S/C26H25N3O6/c1-35-18-8-6-17(7-9-18)19(24-25(33)28-22-4-2-3-13-29(22)26(24)34)15-23(32)27-12-11-16-5-10-20(30)21(31)14-16/h2-10,13-14,19,30-31,33H,11-12,15H2,1H3,(H,27,32). The highest BCUT2D eigenvalue weighted by molar-refractivity contribution is 5.77. The lowest BCUT2D eigenvalue weighted by Crippen LogP contribution is -2.30. The van der Waals surface area contributed by atoms with E-state index in [0.717, 1.165) is 5.56 Å². The summed E-state index contributed by atoms with van der Waals surface area (Å²) in [7, 11) is 1.54. The second-order valence-electron chi connectivity index (χ2n) is 8.04. The van der Waals surface area contributed by atoms with Gasteiger partial charge in [0.05, 0.1) is 12.7 Å². The number of fused-ring (bicyclic) bond motifs is 1. The number of methoxy groups -OCH3 is 1. The molecule has 0 fully saturated rings. The highest BCUT2D eigenvalue weighted by Crippen LogP contribution is 2.32. The SMILES string of the molecule is COc1ccc(C(CC(=O)NCCc2ccc(O)c(O)c2)c2c(O)nc3ccccn3c2=O)cc1. The Kier molecular flexibility index (Phi) is 6.86. The van der Waals surface area contributed by atoms with Crippen LogP contribution >= 0.6 is 0 Å². The van der Waals surface area contributed by atoms with Crippen LogP contribution in [-0.2, 0) is 11.2 Å². The number of aromatic hydroxyl groups is 3. The predicted octanol–water partition coefficient (Wildman–Crippen LogP) is 2.70. The highest BCUT2D eigenvalue weighted by atomic mass is 16.5. The molecule has 0 bridgehead atoms. The van der Waals surface area contributed by atoms with Crippen molar-refractivity contribution in [2.45, 2.75) is 18.8 Å². The topological polar surface area (TPSA) is 133 Å². The average molecular weight is 476 g/mol. The molecule has 4 rings (SSSR count). The molecule has 0 saturated carbocycles. The minimum Gasteiger partial charge on any atom is -0.504 e. The number of carbonyl (C=O) groups excluding carboxylic acids is 1. The Morgan fingerprint density at radius 2 is 1.83 bits per heavy atom. The number of nitrogens with zero attached hydrogens (tertiary/aromatic N) is 2. The highest BCUT2D eigenvalue weighted by Gasteiger charge is 2.26. The Labute approximate surface area is 200 Å². The molecule has 0 aliphatic heterocycles. The molecule has 0 radical (unpaired) electrons. The number of ether oxygens (including phenoxy) is 1. The molecule has 0 spiro atoms. The number of hydrogen-bond acceptors (Lipinski definition) is 7. The summed E-state index contributed by atoms with van der Waals surface area (Å²) in [5, 5.41) is 32.6. The number of nitrogens with one attached hydrogen (secondary N) is 1. The Morgan fingerprint density at radius 1 is 1.06 bits per heavy atom. The Balaban J connectivity index is 1.60. The smallest absolute Gasteiger partial charge is 0.265 e. The van der Waals surface area contributed by atoms with Gasteiger partial charge in [0, 0.05) is 25.1 Å². The normalized spacial score (nSPS) is 11.8. The van der Waals surface area contributed by atoms with E-state index in [9.17, 15) is 24.9 Å². The fraction of sp³-hybridized carbons (Fsp3) is 0.192. The first-order valence-corrected chi connectivity index (χ1v) is 11.0. The maximum absolute atomic E-state index is 13.3. The van der Waals surface area contributed by atoms with Gasteiger partial charge in [-0.3, -0.25) is 14.0 Å². The minimum atomic E-state index is -0.754. The maximum Gasteiger partial charge on any atom is 0.265 e. The molecule has 180 valence electrons. The van der Waals surface area contributed by atoms with E-state index in [4.69, 9.17) is 4.74 Å². The number of phenols is 2. The Hall–Kier alpha value is -4.53. The lowest BCUT2D eigenvalue weighted by atomic mass is 9.89. The molecule has 1 atom stereocenters. The minimum absolute atomic E-state index is 0.0254. The number of phenolic OH excluding ortho intramolecular Hbond substituents is 2. The first-order valence-electron chi connectivity index (χ1n) is 11.0. The van der Waals surface area contributed by atoms with Crippen molar-refractivity contribution in [3.8, 4) is 23.1 Å². The van der Waals surface area contributed by atoms with Crippen molar-refractivity contribution in [1.82, 2.24) is 14.7 Å². The number of pyridine rings is 1. The number of aromatic nitrogens is 2. The molecule has 2 aromatic heterocycles. The van der Waals surface area contributed by atoms with Crippen molar-refractivity contribution < 1.29 is 24.9 Å². The quantitative estimate of drug-likeness (QED) is 0.288. The summed E-state index contributed by atoms with van der Waals surface area (Å²) < 4.78 is 6.55. The van der Waals surface area contributed by atoms with Crippen LogP contribution in [0.15, 0.2) is 71.7 Å². The fourth-order valence-electron chi connectivity index (χ4n) is 3.95. The number of carbonyl (C=O) groups is 1. The van der Waals surface area contributed by atoms with E-state index in [0.29, 0.717) is 23.4 Å². The molecule has 2 aromatic carbocycles. The van der Waals surface area contributed by atoms with Gasteiger partial charge in [-0.25, -0.2) is 0 Å². The van der Waals surface area contributed by atoms with E-state index in [1.54, 1.807) is 61.8 Å². The molecule has 4 N–H and O–H groups in total. The third-order valence-electron chi connectivity index (χ3n) is 5.78. The fourth-order valence-corrected chi connectivity index (χ4v) is 3.95. The van der Waals surface area contributed by atoms with E-state index in [1.165, 1.54) is 16.5 Å². The second kappa shape index (κ2) is 10.2. The summed E-state index contributed by atoms with van der Waals surface area (Å²) >= 11 is 0. The first kappa shape index (κ1) is 23.6. The van der Waals surface area contributed by atoms with Crippen molar-refractivity contribution in [2.75, 3.05) is 13.7 Å². The van der Waals surface area contributed by atoms with Crippen LogP contribution < -0.4 is 15.6 Å². The van der Waals surface area contributed by atoms with Crippen LogP contribution in [0, 0.1) is 0 Å². The molecule has 1 unspecified atom stereocenters. The van der Waals surface area contributed by atoms with Gasteiger partial charge in [0.15, 0.2) is 11.5 Å². The van der Waals surface area contributed by atoms with E-state index < -0.39 is 17.4 Å². The largest absolute Gasteiger partial charge is 0.504 e. The molecule has 2 heterocycles. The van der Waals surface area contributed by atoms with Gasteiger partial charge in [0.25, 0.3) is 5.56 Å². The number of benzene rings is 2. The van der Waals surface area contributed by atoms with Gasteiger partial charge in [0.2, 0.25) is 11.8 Å². The van der Waals surface area contributed by atoms with Crippen LogP contribution in [0.1, 0.15) is 29.0 Å². The second-order valence-corrected chi connectivity index (χ2v) is 8.04. The van der Waals surface area contributed by atoms with E-state index in [1.807, 2.05) is 0 Å².